The molecule has 0 aliphatic carbocycles. The van der Waals surface area contributed by atoms with Gasteiger partial charge in [0.1, 0.15) is 10.7 Å². The summed E-state index contributed by atoms with van der Waals surface area (Å²) in [6.45, 7) is 8.06. The van der Waals surface area contributed by atoms with Crippen molar-refractivity contribution in [2.45, 2.75) is 45.2 Å². The van der Waals surface area contributed by atoms with Crippen LogP contribution < -0.4 is 16.4 Å². The molecule has 1 aliphatic rings. The van der Waals surface area contributed by atoms with Gasteiger partial charge in [-0.25, -0.2) is 4.98 Å². The Balaban J connectivity index is 2.11. The van der Waals surface area contributed by atoms with Crippen LogP contribution in [0.3, 0.4) is 0 Å². The molecule has 2 rings (SSSR count). The Morgan fingerprint density at radius 2 is 2.05 bits per heavy atom. The van der Waals surface area contributed by atoms with Crippen LogP contribution in [0.2, 0.25) is 0 Å². The normalized spacial score (nSPS) is 16.8. The quantitative estimate of drug-likeness (QED) is 0.792. The molecule has 7 heteroatoms. The molecule has 1 fully saturated rings. The number of aromatic nitrogens is 1. The Kier molecular flexibility index (Phi) is 4.73. The number of thiazole rings is 1. The van der Waals surface area contributed by atoms with Gasteiger partial charge in [0.05, 0.1) is 0 Å². The molecule has 4 N–H and O–H groups in total. The van der Waals surface area contributed by atoms with Gasteiger partial charge in [-0.3, -0.25) is 4.79 Å². The van der Waals surface area contributed by atoms with Crippen molar-refractivity contribution in [2.75, 3.05) is 31.2 Å². The van der Waals surface area contributed by atoms with E-state index in [1.807, 2.05) is 32.7 Å². The van der Waals surface area contributed by atoms with Gasteiger partial charge in [-0.15, -0.1) is 0 Å². The lowest BCUT2D eigenvalue weighted by Crippen LogP contribution is -2.43. The number of nitrogens with two attached hydrogens (primary N) is 1. The van der Waals surface area contributed by atoms with E-state index in [0.29, 0.717) is 15.8 Å². The van der Waals surface area contributed by atoms with Crippen LogP contribution >= 0.6 is 11.3 Å². The van der Waals surface area contributed by atoms with Crippen molar-refractivity contribution in [3.05, 3.63) is 4.88 Å². The second-order valence-corrected chi connectivity index (χ2v) is 7.50. The number of nitrogens with zero attached hydrogens (tertiary/aromatic N) is 2. The molecule has 1 aromatic heterocycles. The predicted octanol–water partition coefficient (Wildman–Crippen LogP) is 1.76. The highest BCUT2D eigenvalue weighted by atomic mass is 32.1. The molecule has 0 saturated carbocycles. The number of anilines is 2. The van der Waals surface area contributed by atoms with E-state index in [1.54, 1.807) is 0 Å². The van der Waals surface area contributed by atoms with Crippen LogP contribution in [0.1, 0.15) is 43.3 Å². The molecule has 1 amide bonds. The van der Waals surface area contributed by atoms with Crippen molar-refractivity contribution in [2.24, 2.45) is 0 Å². The first-order valence-electron chi connectivity index (χ1n) is 7.30. The molecular weight excluding hydrogens is 286 g/mol. The molecule has 0 atom stereocenters. The third kappa shape index (κ3) is 4.07. The summed E-state index contributed by atoms with van der Waals surface area (Å²) in [4.78, 5) is 19.2. The van der Waals surface area contributed by atoms with Crippen molar-refractivity contribution in [3.8, 4) is 0 Å². The van der Waals surface area contributed by atoms with Gasteiger partial charge < -0.3 is 21.3 Å². The second-order valence-electron chi connectivity index (χ2n) is 6.51. The van der Waals surface area contributed by atoms with Crippen LogP contribution in [0.15, 0.2) is 0 Å². The molecule has 1 aromatic rings. The first-order chi connectivity index (χ1) is 9.78. The smallest absolute Gasteiger partial charge is 0.267 e. The van der Waals surface area contributed by atoms with Gasteiger partial charge in [-0.1, -0.05) is 11.3 Å². The lowest BCUT2D eigenvalue weighted by atomic mass is 10.1. The van der Waals surface area contributed by atoms with Crippen LogP contribution in [0.4, 0.5) is 10.9 Å². The van der Waals surface area contributed by atoms with E-state index in [0.717, 1.165) is 25.9 Å². The molecule has 0 radical (unpaired) electrons. The van der Waals surface area contributed by atoms with Gasteiger partial charge in [-0.2, -0.15) is 0 Å². The number of amides is 1. The zero-order chi connectivity index (χ0) is 15.6. The Morgan fingerprint density at radius 3 is 2.62 bits per heavy atom. The fourth-order valence-corrected chi connectivity index (χ4v) is 3.46. The molecule has 118 valence electrons. The number of nitrogen functional groups attached to an aromatic ring is 1. The first-order valence-corrected chi connectivity index (χ1v) is 8.12. The Hall–Kier alpha value is -1.34. The maximum atomic E-state index is 12.6. The lowest BCUT2D eigenvalue weighted by Gasteiger charge is -2.31. The molecular formula is C14H25N5OS. The van der Waals surface area contributed by atoms with Gasteiger partial charge in [0.2, 0.25) is 0 Å². The van der Waals surface area contributed by atoms with Gasteiger partial charge in [0, 0.05) is 18.6 Å². The number of carbonyl (C=O) groups excluding carboxylic acids is 1. The number of piperidine rings is 1. The summed E-state index contributed by atoms with van der Waals surface area (Å²) in [6.07, 6.45) is 1.96. The van der Waals surface area contributed by atoms with E-state index < -0.39 is 0 Å². The first kappa shape index (κ1) is 16.0. The highest BCUT2D eigenvalue weighted by Crippen LogP contribution is 2.29. The van der Waals surface area contributed by atoms with Crippen molar-refractivity contribution in [3.63, 3.8) is 0 Å². The molecule has 21 heavy (non-hydrogen) atoms. The largest absolute Gasteiger partial charge is 0.382 e. The number of hydrogen-bond donors (Lipinski definition) is 3. The van der Waals surface area contributed by atoms with Crippen LogP contribution in [-0.4, -0.2) is 47.5 Å². The Labute approximate surface area is 130 Å². The summed E-state index contributed by atoms with van der Waals surface area (Å²) in [7, 11) is 1.86. The van der Waals surface area contributed by atoms with E-state index in [4.69, 9.17) is 5.73 Å². The molecule has 0 spiro atoms. The SMILES string of the molecule is CN(C(=O)c1sc(NC(C)(C)C)nc1N)C1CCNCC1. The Morgan fingerprint density at radius 1 is 1.43 bits per heavy atom. The summed E-state index contributed by atoms with van der Waals surface area (Å²) < 4.78 is 0. The minimum atomic E-state index is -0.106. The molecule has 0 unspecified atom stereocenters. The van der Waals surface area contributed by atoms with Crippen molar-refractivity contribution < 1.29 is 4.79 Å². The molecule has 2 heterocycles. The van der Waals surface area contributed by atoms with E-state index in [1.165, 1.54) is 11.3 Å². The zero-order valence-corrected chi connectivity index (χ0v) is 14.0. The number of carbonyl (C=O) groups is 1. The number of rotatable bonds is 3. The third-order valence-electron chi connectivity index (χ3n) is 3.51. The van der Waals surface area contributed by atoms with Crippen LogP contribution in [0.5, 0.6) is 0 Å². The lowest BCUT2D eigenvalue weighted by molar-refractivity contribution is 0.0709. The topological polar surface area (TPSA) is 83.3 Å². The highest BCUT2D eigenvalue weighted by Gasteiger charge is 2.27. The third-order valence-corrected chi connectivity index (χ3v) is 4.48. The van der Waals surface area contributed by atoms with Crippen molar-refractivity contribution >= 4 is 28.2 Å². The molecule has 1 saturated heterocycles. The summed E-state index contributed by atoms with van der Waals surface area (Å²) >= 11 is 1.33. The average Bonchev–Trinajstić information content (AvgIpc) is 2.76. The van der Waals surface area contributed by atoms with Crippen LogP contribution in [-0.2, 0) is 0 Å². The molecule has 0 aromatic carbocycles. The van der Waals surface area contributed by atoms with Crippen LogP contribution in [0.25, 0.3) is 0 Å². The molecule has 1 aliphatic heterocycles. The van der Waals surface area contributed by atoms with E-state index >= 15 is 0 Å². The summed E-state index contributed by atoms with van der Waals surface area (Å²) in [5.41, 5.74) is 5.82. The minimum absolute atomic E-state index is 0.0288. The highest BCUT2D eigenvalue weighted by molar-refractivity contribution is 7.18. The van der Waals surface area contributed by atoms with Crippen molar-refractivity contribution in [1.82, 2.24) is 15.2 Å². The maximum Gasteiger partial charge on any atom is 0.267 e. The minimum Gasteiger partial charge on any atom is -0.382 e. The van der Waals surface area contributed by atoms with Gasteiger partial charge >= 0.3 is 0 Å². The standard InChI is InChI=1S/C14H25N5OS/c1-14(2,3)18-13-17-11(15)10(21-13)12(20)19(4)9-5-7-16-8-6-9/h9,16H,5-8,15H2,1-4H3,(H,17,18). The zero-order valence-electron chi connectivity index (χ0n) is 13.2. The van der Waals surface area contributed by atoms with E-state index in [-0.39, 0.29) is 17.5 Å². The van der Waals surface area contributed by atoms with Gasteiger partial charge in [0.15, 0.2) is 5.13 Å². The number of hydrogen-bond acceptors (Lipinski definition) is 6. The Bertz CT molecular complexity index is 502. The summed E-state index contributed by atoms with van der Waals surface area (Å²) in [5, 5.41) is 7.27. The van der Waals surface area contributed by atoms with E-state index in [9.17, 15) is 4.79 Å². The molecule has 6 nitrogen and oxygen atoms in total. The summed E-state index contributed by atoms with van der Waals surface area (Å²) in [5.74, 6) is 0.288. The fourth-order valence-electron chi connectivity index (χ4n) is 2.38. The maximum absolute atomic E-state index is 12.6. The van der Waals surface area contributed by atoms with Gasteiger partial charge in [-0.05, 0) is 46.7 Å². The van der Waals surface area contributed by atoms with Crippen molar-refractivity contribution in [1.29, 1.82) is 0 Å². The fraction of sp³-hybridized carbons (Fsp3) is 0.714. The van der Waals surface area contributed by atoms with Crippen LogP contribution in [0, 0.1) is 0 Å². The monoisotopic (exact) mass is 311 g/mol. The van der Waals surface area contributed by atoms with Gasteiger partial charge in [0.25, 0.3) is 5.91 Å². The number of nitrogens with one attached hydrogen (secondary N) is 2. The van der Waals surface area contributed by atoms with E-state index in [2.05, 4.69) is 15.6 Å². The average molecular weight is 311 g/mol. The predicted molar refractivity (Wildman–Crippen MR) is 87.9 cm³/mol. The summed E-state index contributed by atoms with van der Waals surface area (Å²) in [6, 6.07) is 0.277. The molecule has 0 bridgehead atoms. The second kappa shape index (κ2) is 6.19.